The number of carbonyl (C=O) groups is 1. The van der Waals surface area contributed by atoms with E-state index in [4.69, 9.17) is 9.47 Å². The monoisotopic (exact) mass is 488 g/mol. The van der Waals surface area contributed by atoms with E-state index in [-0.39, 0.29) is 33.9 Å². The molecule has 1 saturated heterocycles. The molecule has 4 rings (SSSR count). The number of methoxy groups -OCH3 is 1. The van der Waals surface area contributed by atoms with E-state index >= 15 is 0 Å². The maximum absolute atomic E-state index is 12.2. The largest absolute Gasteiger partial charge is 0.469 e. The van der Waals surface area contributed by atoms with Crippen molar-refractivity contribution >= 4 is 5.97 Å². The van der Waals surface area contributed by atoms with Gasteiger partial charge in [-0.15, -0.1) is 0 Å². The Morgan fingerprint density at radius 1 is 1.00 bits per heavy atom. The van der Waals surface area contributed by atoms with Crippen LogP contribution in [0.15, 0.2) is 12.2 Å². The van der Waals surface area contributed by atoms with Crippen LogP contribution < -0.4 is 0 Å². The van der Waals surface area contributed by atoms with E-state index in [0.717, 1.165) is 19.3 Å². The van der Waals surface area contributed by atoms with Crippen LogP contribution in [0.2, 0.25) is 0 Å². The molecule has 3 saturated carbocycles. The molecule has 4 aliphatic rings. The molecule has 0 unspecified atom stereocenters. The lowest BCUT2D eigenvalue weighted by Crippen LogP contribution is -2.60. The lowest BCUT2D eigenvalue weighted by molar-refractivity contribution is -0.188. The van der Waals surface area contributed by atoms with Crippen LogP contribution >= 0.6 is 0 Å². The van der Waals surface area contributed by atoms with Gasteiger partial charge in [0.15, 0.2) is 0 Å². The number of ether oxygens (including phenoxy) is 2. The summed E-state index contributed by atoms with van der Waals surface area (Å²) < 4.78 is 11.8. The number of rotatable bonds is 6. The molecule has 0 aromatic heterocycles. The first-order valence-electron chi connectivity index (χ1n) is 14.2. The Morgan fingerprint density at radius 2 is 1.66 bits per heavy atom. The first-order valence-corrected chi connectivity index (χ1v) is 14.2. The normalized spacial score (nSPS) is 47.7. The van der Waals surface area contributed by atoms with Crippen molar-refractivity contribution < 1.29 is 19.4 Å². The third kappa shape index (κ3) is 4.13. The SMILES string of the molecule is C=C(C)[C@@H]1CC[C@]2(C)[C@H](CC[C@@H]3[C@@H]([C@]4(C)CC[C@H](C(C)(C)O)O4)CC[C@]32C)[C@@]1(C)CCC(=O)OC. The number of esters is 1. The van der Waals surface area contributed by atoms with Crippen molar-refractivity contribution in [3.8, 4) is 0 Å². The summed E-state index contributed by atoms with van der Waals surface area (Å²) in [5.74, 6) is 2.16. The molecule has 1 N–H and O–H groups in total. The fourth-order valence-electron chi connectivity index (χ4n) is 10.1. The molecular weight excluding hydrogens is 436 g/mol. The summed E-state index contributed by atoms with van der Waals surface area (Å²) >= 11 is 0. The summed E-state index contributed by atoms with van der Waals surface area (Å²) in [7, 11) is 1.50. The van der Waals surface area contributed by atoms with E-state index in [2.05, 4.69) is 41.2 Å². The van der Waals surface area contributed by atoms with E-state index < -0.39 is 5.60 Å². The third-order valence-corrected chi connectivity index (χ3v) is 12.2. The molecule has 200 valence electrons. The van der Waals surface area contributed by atoms with Gasteiger partial charge in [-0.1, -0.05) is 32.9 Å². The van der Waals surface area contributed by atoms with Gasteiger partial charge >= 0.3 is 5.97 Å². The quantitative estimate of drug-likeness (QED) is 0.320. The Bertz CT molecular complexity index is 843. The minimum Gasteiger partial charge on any atom is -0.469 e. The zero-order chi connectivity index (χ0) is 26.0. The Labute approximate surface area is 214 Å². The van der Waals surface area contributed by atoms with Gasteiger partial charge in [-0.05, 0) is 125 Å². The second kappa shape index (κ2) is 8.86. The summed E-state index contributed by atoms with van der Waals surface area (Å²) in [6, 6.07) is 0. The second-order valence-corrected chi connectivity index (χ2v) is 14.3. The number of fused-ring (bicyclic) bond motifs is 3. The van der Waals surface area contributed by atoms with Crippen LogP contribution in [-0.4, -0.2) is 35.5 Å². The smallest absolute Gasteiger partial charge is 0.305 e. The topological polar surface area (TPSA) is 55.8 Å². The van der Waals surface area contributed by atoms with Crippen LogP contribution in [0.1, 0.15) is 113 Å². The van der Waals surface area contributed by atoms with Crippen molar-refractivity contribution in [2.75, 3.05) is 7.11 Å². The predicted molar refractivity (Wildman–Crippen MR) is 141 cm³/mol. The third-order valence-electron chi connectivity index (χ3n) is 12.2. The molecule has 3 aliphatic carbocycles. The minimum absolute atomic E-state index is 0.0683. The van der Waals surface area contributed by atoms with Crippen molar-refractivity contribution in [2.45, 2.75) is 130 Å². The lowest BCUT2D eigenvalue weighted by atomic mass is 9.38. The number of allylic oxidation sites excluding steroid dienone is 1. The average molecular weight is 489 g/mol. The number of carbonyl (C=O) groups excluding carboxylic acids is 1. The first-order chi connectivity index (χ1) is 16.1. The highest BCUT2D eigenvalue weighted by Gasteiger charge is 2.68. The van der Waals surface area contributed by atoms with Crippen molar-refractivity contribution in [3.63, 3.8) is 0 Å². The summed E-state index contributed by atoms with van der Waals surface area (Å²) in [6.07, 6.45) is 10.7. The van der Waals surface area contributed by atoms with E-state index in [0.29, 0.717) is 30.1 Å². The maximum atomic E-state index is 12.2. The Kier molecular flexibility index (Phi) is 6.88. The molecular formula is C31H52O4. The van der Waals surface area contributed by atoms with E-state index in [1.54, 1.807) is 0 Å². The summed E-state index contributed by atoms with van der Waals surface area (Å²) in [5.41, 5.74) is 0.933. The van der Waals surface area contributed by atoms with Crippen LogP contribution in [0.5, 0.6) is 0 Å². The average Bonchev–Trinajstić information content (AvgIpc) is 3.34. The maximum Gasteiger partial charge on any atom is 0.305 e. The van der Waals surface area contributed by atoms with Gasteiger partial charge in [0.1, 0.15) is 0 Å². The Hall–Kier alpha value is -0.870. The van der Waals surface area contributed by atoms with Crippen LogP contribution in [0.3, 0.4) is 0 Å². The van der Waals surface area contributed by atoms with Gasteiger partial charge in [0, 0.05) is 6.42 Å². The molecule has 1 aliphatic heterocycles. The molecule has 1 heterocycles. The lowest BCUT2D eigenvalue weighted by Gasteiger charge is -2.66. The van der Waals surface area contributed by atoms with Crippen LogP contribution in [0.25, 0.3) is 0 Å². The summed E-state index contributed by atoms with van der Waals surface area (Å²) in [6.45, 7) is 20.4. The molecule has 0 spiro atoms. The fourth-order valence-corrected chi connectivity index (χ4v) is 10.1. The van der Waals surface area contributed by atoms with Crippen LogP contribution in [0, 0.1) is 39.9 Å². The minimum atomic E-state index is -0.786. The standard InChI is InChI=1S/C31H52O4/c1-20(2)21-12-18-30(7)24(28(21,5)16-15-26(32)34-9)11-10-22-23(13-17-29(22,30)6)31(8)19-14-25(35-31)27(3,4)33/h21-25,33H,1,10-19H2,2-9H3/t21-,22+,23-,24+,25+,28-,29+,30+,31-/m0/s1. The highest BCUT2D eigenvalue weighted by molar-refractivity contribution is 5.69. The van der Waals surface area contributed by atoms with E-state index in [9.17, 15) is 9.90 Å². The van der Waals surface area contributed by atoms with Gasteiger partial charge in [0.2, 0.25) is 0 Å². The Balaban J connectivity index is 1.63. The van der Waals surface area contributed by atoms with Gasteiger partial charge < -0.3 is 14.6 Å². The highest BCUT2D eigenvalue weighted by Crippen LogP contribution is 2.74. The first kappa shape index (κ1) is 27.2. The van der Waals surface area contributed by atoms with Crippen LogP contribution in [-0.2, 0) is 14.3 Å². The highest BCUT2D eigenvalue weighted by atomic mass is 16.5. The van der Waals surface area contributed by atoms with Gasteiger partial charge in [0.05, 0.1) is 24.4 Å². The van der Waals surface area contributed by atoms with E-state index in [1.165, 1.54) is 51.2 Å². The molecule has 4 heteroatoms. The van der Waals surface area contributed by atoms with Gasteiger partial charge in [-0.25, -0.2) is 0 Å². The summed E-state index contributed by atoms with van der Waals surface area (Å²) in [4.78, 5) is 12.2. The number of aliphatic hydroxyl groups is 1. The Morgan fingerprint density at radius 3 is 2.23 bits per heavy atom. The zero-order valence-electron chi connectivity index (χ0n) is 23.8. The van der Waals surface area contributed by atoms with Gasteiger partial charge in [-0.2, -0.15) is 0 Å². The van der Waals surface area contributed by atoms with Crippen molar-refractivity contribution in [2.24, 2.45) is 39.9 Å². The van der Waals surface area contributed by atoms with E-state index in [1.807, 2.05) is 13.8 Å². The van der Waals surface area contributed by atoms with Crippen molar-refractivity contribution in [3.05, 3.63) is 12.2 Å². The molecule has 9 atom stereocenters. The predicted octanol–water partition coefficient (Wildman–Crippen LogP) is 7.09. The molecule has 0 radical (unpaired) electrons. The van der Waals surface area contributed by atoms with Crippen molar-refractivity contribution in [1.29, 1.82) is 0 Å². The van der Waals surface area contributed by atoms with Crippen LogP contribution in [0.4, 0.5) is 0 Å². The number of hydrogen-bond donors (Lipinski definition) is 1. The zero-order valence-corrected chi connectivity index (χ0v) is 23.8. The molecule has 0 amide bonds. The number of hydrogen-bond acceptors (Lipinski definition) is 4. The van der Waals surface area contributed by atoms with Gasteiger partial charge in [-0.3, -0.25) is 4.79 Å². The molecule has 35 heavy (non-hydrogen) atoms. The van der Waals surface area contributed by atoms with Crippen molar-refractivity contribution in [1.82, 2.24) is 0 Å². The fraction of sp³-hybridized carbons (Fsp3) is 0.903. The summed E-state index contributed by atoms with van der Waals surface area (Å²) in [5, 5.41) is 10.6. The molecule has 0 bridgehead atoms. The molecule has 4 nitrogen and oxygen atoms in total. The molecule has 0 aromatic rings. The molecule has 0 aromatic carbocycles. The van der Waals surface area contributed by atoms with Gasteiger partial charge in [0.25, 0.3) is 0 Å². The molecule has 4 fully saturated rings. The second-order valence-electron chi connectivity index (χ2n) is 14.3.